The van der Waals surface area contributed by atoms with E-state index in [-0.39, 0.29) is 0 Å². The van der Waals surface area contributed by atoms with Crippen molar-refractivity contribution in [3.8, 4) is 11.5 Å². The Bertz CT molecular complexity index is 916. The molecule has 0 aliphatic heterocycles. The van der Waals surface area contributed by atoms with Gasteiger partial charge in [0.25, 0.3) is 0 Å². The van der Waals surface area contributed by atoms with Gasteiger partial charge in [0, 0.05) is 44.7 Å². The van der Waals surface area contributed by atoms with Crippen LogP contribution in [-0.2, 0) is 19.7 Å². The number of hydrogen-bond donors (Lipinski definition) is 1. The number of halogens is 3. The van der Waals surface area contributed by atoms with Crippen LogP contribution in [0.5, 0.6) is 11.5 Å². The quantitative estimate of drug-likeness (QED) is 0.377. The molecule has 0 aliphatic carbocycles. The van der Waals surface area contributed by atoms with Crippen LogP contribution in [0.4, 0.5) is 0 Å². The van der Waals surface area contributed by atoms with Crippen molar-refractivity contribution in [1.82, 2.24) is 5.32 Å². The van der Waals surface area contributed by atoms with Gasteiger partial charge in [-0.3, -0.25) is 0 Å². The Kier molecular flexibility index (Phi) is 7.89. The molecule has 0 radical (unpaired) electrons. The van der Waals surface area contributed by atoms with E-state index in [1.807, 2.05) is 25.1 Å². The van der Waals surface area contributed by atoms with Gasteiger partial charge >= 0.3 is 0 Å². The molecule has 2 aromatic carbocycles. The summed E-state index contributed by atoms with van der Waals surface area (Å²) < 4.78 is 11.7. The Labute approximate surface area is 184 Å². The van der Waals surface area contributed by atoms with Gasteiger partial charge in [0.1, 0.15) is 6.61 Å². The lowest BCUT2D eigenvalue weighted by Gasteiger charge is -2.16. The molecule has 0 unspecified atom stereocenters. The van der Waals surface area contributed by atoms with Gasteiger partial charge in [0.2, 0.25) is 0 Å². The van der Waals surface area contributed by atoms with Crippen molar-refractivity contribution in [3.63, 3.8) is 0 Å². The normalized spacial score (nSPS) is 10.9. The molecule has 3 aromatic rings. The molecular formula is C21H20Cl3NO2S. The first-order valence-electron chi connectivity index (χ1n) is 8.82. The average Bonchev–Trinajstić information content (AvgIpc) is 3.17. The highest BCUT2D eigenvalue weighted by molar-refractivity contribution is 7.09. The molecule has 0 spiro atoms. The lowest BCUT2D eigenvalue weighted by Crippen LogP contribution is -2.12. The molecule has 0 fully saturated rings. The van der Waals surface area contributed by atoms with Crippen molar-refractivity contribution in [3.05, 3.63) is 78.9 Å². The molecule has 0 bridgehead atoms. The van der Waals surface area contributed by atoms with Crippen molar-refractivity contribution >= 4 is 46.1 Å². The van der Waals surface area contributed by atoms with Gasteiger partial charge in [0.15, 0.2) is 11.5 Å². The molecule has 1 aromatic heterocycles. The zero-order chi connectivity index (χ0) is 19.9. The van der Waals surface area contributed by atoms with E-state index in [0.29, 0.717) is 46.3 Å². The standard InChI is InChI=1S/C21H20Cl3NO2S/c1-2-26-20-8-15(11-25-12-17-4-3-7-28-17)19(24)10-21(20)27-13-14-5-6-16(22)9-18(14)23/h3-10,25H,2,11-13H2,1H3. The molecule has 148 valence electrons. The third kappa shape index (κ3) is 5.79. The zero-order valence-electron chi connectivity index (χ0n) is 15.3. The summed E-state index contributed by atoms with van der Waals surface area (Å²) in [6.45, 7) is 4.19. The van der Waals surface area contributed by atoms with Crippen molar-refractivity contribution in [1.29, 1.82) is 0 Å². The second-order valence-corrected chi connectivity index (χ2v) is 8.31. The fourth-order valence-electron chi connectivity index (χ4n) is 2.62. The lowest BCUT2D eigenvalue weighted by molar-refractivity contribution is 0.269. The highest BCUT2D eigenvalue weighted by Gasteiger charge is 2.12. The molecule has 1 heterocycles. The highest BCUT2D eigenvalue weighted by Crippen LogP contribution is 2.35. The molecule has 0 saturated heterocycles. The second kappa shape index (κ2) is 10.4. The summed E-state index contributed by atoms with van der Waals surface area (Å²) in [5.74, 6) is 1.24. The number of nitrogens with one attached hydrogen (secondary N) is 1. The van der Waals surface area contributed by atoms with Gasteiger partial charge < -0.3 is 14.8 Å². The van der Waals surface area contributed by atoms with Gasteiger partial charge in [-0.2, -0.15) is 0 Å². The smallest absolute Gasteiger partial charge is 0.163 e. The monoisotopic (exact) mass is 455 g/mol. The molecule has 7 heteroatoms. The minimum atomic E-state index is 0.294. The second-order valence-electron chi connectivity index (χ2n) is 6.03. The summed E-state index contributed by atoms with van der Waals surface area (Å²) in [5.41, 5.74) is 1.80. The van der Waals surface area contributed by atoms with Crippen LogP contribution in [0.1, 0.15) is 22.9 Å². The topological polar surface area (TPSA) is 30.5 Å². The van der Waals surface area contributed by atoms with Crippen molar-refractivity contribution < 1.29 is 9.47 Å². The predicted octanol–water partition coefficient (Wildman–Crippen LogP) is 6.98. The Morgan fingerprint density at radius 2 is 1.68 bits per heavy atom. The van der Waals surface area contributed by atoms with Gasteiger partial charge in [-0.05, 0) is 42.1 Å². The van der Waals surface area contributed by atoms with Crippen LogP contribution in [0.25, 0.3) is 0 Å². The summed E-state index contributed by atoms with van der Waals surface area (Å²) in [5, 5.41) is 7.24. The maximum Gasteiger partial charge on any atom is 0.163 e. The first kappa shape index (κ1) is 21.3. The van der Waals surface area contributed by atoms with Gasteiger partial charge in [-0.1, -0.05) is 46.9 Å². The van der Waals surface area contributed by atoms with Crippen LogP contribution < -0.4 is 14.8 Å². The average molecular weight is 457 g/mol. The molecule has 3 nitrogen and oxygen atoms in total. The van der Waals surface area contributed by atoms with E-state index in [4.69, 9.17) is 44.3 Å². The van der Waals surface area contributed by atoms with E-state index in [2.05, 4.69) is 16.8 Å². The molecular weight excluding hydrogens is 437 g/mol. The van der Waals surface area contributed by atoms with E-state index in [9.17, 15) is 0 Å². The summed E-state index contributed by atoms with van der Waals surface area (Å²) >= 11 is 20.4. The van der Waals surface area contributed by atoms with Crippen molar-refractivity contribution in [2.24, 2.45) is 0 Å². The number of ether oxygens (including phenoxy) is 2. The Morgan fingerprint density at radius 3 is 2.39 bits per heavy atom. The van der Waals surface area contributed by atoms with E-state index < -0.39 is 0 Å². The highest BCUT2D eigenvalue weighted by atomic mass is 35.5. The first-order chi connectivity index (χ1) is 13.6. The maximum absolute atomic E-state index is 6.48. The summed E-state index contributed by atoms with van der Waals surface area (Å²) in [6.07, 6.45) is 0. The molecule has 3 rings (SSSR count). The van der Waals surface area contributed by atoms with Crippen LogP contribution in [-0.4, -0.2) is 6.61 Å². The fourth-order valence-corrected chi connectivity index (χ4v) is 3.98. The number of rotatable bonds is 9. The minimum absolute atomic E-state index is 0.294. The van der Waals surface area contributed by atoms with E-state index in [0.717, 1.165) is 17.7 Å². The lowest BCUT2D eigenvalue weighted by atomic mass is 10.2. The minimum Gasteiger partial charge on any atom is -0.490 e. The third-order valence-electron chi connectivity index (χ3n) is 4.01. The maximum atomic E-state index is 6.48. The first-order valence-corrected chi connectivity index (χ1v) is 10.8. The Hall–Kier alpha value is -1.43. The van der Waals surface area contributed by atoms with Gasteiger partial charge in [0.05, 0.1) is 6.61 Å². The van der Waals surface area contributed by atoms with Crippen LogP contribution in [0, 0.1) is 0 Å². The Morgan fingerprint density at radius 1 is 0.893 bits per heavy atom. The Balaban J connectivity index is 1.70. The number of benzene rings is 2. The van der Waals surface area contributed by atoms with Crippen molar-refractivity contribution in [2.45, 2.75) is 26.6 Å². The largest absolute Gasteiger partial charge is 0.490 e. The summed E-state index contributed by atoms with van der Waals surface area (Å²) in [7, 11) is 0. The van der Waals surface area contributed by atoms with Crippen LogP contribution >= 0.6 is 46.1 Å². The van der Waals surface area contributed by atoms with Crippen LogP contribution in [0.2, 0.25) is 15.1 Å². The van der Waals surface area contributed by atoms with E-state index in [1.54, 1.807) is 29.5 Å². The molecule has 0 atom stereocenters. The van der Waals surface area contributed by atoms with Gasteiger partial charge in [-0.25, -0.2) is 0 Å². The molecule has 0 saturated carbocycles. The van der Waals surface area contributed by atoms with Crippen molar-refractivity contribution in [2.75, 3.05) is 6.61 Å². The van der Waals surface area contributed by atoms with Crippen LogP contribution in [0.15, 0.2) is 47.8 Å². The fraction of sp³-hybridized carbons (Fsp3) is 0.238. The molecule has 1 N–H and O–H groups in total. The van der Waals surface area contributed by atoms with Gasteiger partial charge in [-0.15, -0.1) is 11.3 Å². The molecule has 0 aliphatic rings. The SMILES string of the molecule is CCOc1cc(CNCc2cccs2)c(Cl)cc1OCc1ccc(Cl)cc1Cl. The summed E-state index contributed by atoms with van der Waals surface area (Å²) in [6, 6.07) is 13.2. The molecule has 0 amide bonds. The zero-order valence-corrected chi connectivity index (χ0v) is 18.4. The van der Waals surface area contributed by atoms with E-state index in [1.165, 1.54) is 4.88 Å². The third-order valence-corrected chi connectivity index (χ3v) is 5.82. The number of hydrogen-bond acceptors (Lipinski definition) is 4. The number of thiophene rings is 1. The molecule has 28 heavy (non-hydrogen) atoms. The van der Waals surface area contributed by atoms with E-state index >= 15 is 0 Å². The summed E-state index contributed by atoms with van der Waals surface area (Å²) in [4.78, 5) is 1.28. The predicted molar refractivity (Wildman–Crippen MR) is 118 cm³/mol. The van der Waals surface area contributed by atoms with Crippen LogP contribution in [0.3, 0.4) is 0 Å².